The normalized spacial score (nSPS) is 125. The molecule has 0 aromatic carbocycles. The first kappa shape index (κ1) is 1.21. The summed E-state index contributed by atoms with van der Waals surface area (Å²) in [7, 11) is 0. The summed E-state index contributed by atoms with van der Waals surface area (Å²) in [5.41, 5.74) is 1.62. The van der Waals surface area contributed by atoms with Gasteiger partial charge >= 0.3 is 0 Å². The third-order valence-electron chi connectivity index (χ3n) is 2.43. The SMILES string of the molecule is C1C23N4N2C143. The van der Waals surface area contributed by atoms with Crippen LogP contribution in [0.2, 0.25) is 0 Å². The van der Waals surface area contributed by atoms with Crippen LogP contribution in [0, 0.1) is 0 Å². The summed E-state index contributed by atoms with van der Waals surface area (Å²) >= 11 is 0. The topological polar surface area (TPSA) is 6.02 Å². The maximum atomic E-state index is 2.43. The smallest absolute Gasteiger partial charge is 0.143 e. The molecule has 0 aromatic rings. The Kier molecular flexibility index (Phi) is 0.0225. The van der Waals surface area contributed by atoms with E-state index >= 15 is 0 Å². The van der Waals surface area contributed by atoms with Crippen LogP contribution in [0.5, 0.6) is 0 Å². The van der Waals surface area contributed by atoms with Crippen molar-refractivity contribution in [1.29, 1.82) is 0 Å². The summed E-state index contributed by atoms with van der Waals surface area (Å²) in [5, 5.41) is 4.86. The average molecular weight is 66.1 g/mol. The maximum Gasteiger partial charge on any atom is 0.143 e. The van der Waals surface area contributed by atoms with E-state index in [0.29, 0.717) is 0 Å². The molecule has 0 bridgehead atoms. The average Bonchev–Trinajstić information content (AvgIpc) is 1.77. The van der Waals surface area contributed by atoms with Crippen LogP contribution in [0.4, 0.5) is 0 Å². The lowest BCUT2D eigenvalue weighted by Crippen LogP contribution is -1.82. The first-order valence-electron chi connectivity index (χ1n) is 2.05. The van der Waals surface area contributed by atoms with Crippen LogP contribution >= 0.6 is 0 Å². The third-order valence-corrected chi connectivity index (χ3v) is 2.43. The Morgan fingerprint density at radius 2 is 1.60 bits per heavy atom. The van der Waals surface area contributed by atoms with Crippen molar-refractivity contribution in [2.45, 2.75) is 17.7 Å². The molecule has 24 valence electrons. The second-order valence-corrected chi connectivity index (χ2v) is 2.43. The zero-order valence-corrected chi connectivity index (χ0v) is 2.60. The van der Waals surface area contributed by atoms with Gasteiger partial charge in [-0.25, -0.2) is 0 Å². The molecule has 0 radical (unpaired) electrons. The minimum atomic E-state index is 0.812. The minimum Gasteiger partial charge on any atom is -0.188 e. The van der Waals surface area contributed by atoms with Crippen LogP contribution in [0.1, 0.15) is 6.42 Å². The van der Waals surface area contributed by atoms with E-state index in [1.165, 1.54) is 6.42 Å². The van der Waals surface area contributed by atoms with Gasteiger partial charge in [0.15, 0.2) is 0 Å². The number of hydrogen-bond donors (Lipinski definition) is 0. The summed E-state index contributed by atoms with van der Waals surface area (Å²) < 4.78 is 0. The lowest BCUT2D eigenvalue weighted by Gasteiger charge is -1.66. The van der Waals surface area contributed by atoms with E-state index in [-0.39, 0.29) is 0 Å². The highest BCUT2D eigenvalue weighted by Crippen LogP contribution is 3.11. The zero-order valence-electron chi connectivity index (χ0n) is 2.60. The summed E-state index contributed by atoms with van der Waals surface area (Å²) in [4.78, 5) is 0. The summed E-state index contributed by atoms with van der Waals surface area (Å²) in [6.45, 7) is 0. The first-order chi connectivity index (χ1) is 2.45. The molecule has 5 aliphatic rings. The molecule has 4 aliphatic heterocycles. The van der Waals surface area contributed by atoms with Gasteiger partial charge in [-0.15, -0.1) is 0 Å². The van der Waals surface area contributed by atoms with Crippen molar-refractivity contribution in [2.75, 3.05) is 0 Å². The molecule has 1 aliphatic carbocycles. The first-order valence-corrected chi connectivity index (χ1v) is 2.05. The standard InChI is InChI=1S/C3H2N2/c1-2-3(1)4(2)5(2)3/h1H2. The molecular formula is C3H2N2. The Balaban J connectivity index is 2.80. The van der Waals surface area contributed by atoms with Crippen LogP contribution in [-0.2, 0) is 0 Å². The molecular weight excluding hydrogens is 64.0 g/mol. The van der Waals surface area contributed by atoms with Crippen LogP contribution in [0.15, 0.2) is 0 Å². The Labute approximate surface area is 28.9 Å². The molecule has 4 saturated heterocycles. The van der Waals surface area contributed by atoms with Gasteiger partial charge in [0.25, 0.3) is 0 Å². The summed E-state index contributed by atoms with van der Waals surface area (Å²) in [5.74, 6) is 0. The fourth-order valence-electron chi connectivity index (χ4n) is 1.62. The molecule has 4 heterocycles. The molecule has 0 atom stereocenters. The van der Waals surface area contributed by atoms with E-state index in [0.717, 1.165) is 11.3 Å². The Hall–Kier alpha value is -0.0800. The van der Waals surface area contributed by atoms with Crippen molar-refractivity contribution in [3.05, 3.63) is 0 Å². The van der Waals surface area contributed by atoms with Crippen molar-refractivity contribution >= 4 is 0 Å². The van der Waals surface area contributed by atoms with E-state index in [1.54, 1.807) is 0 Å². The van der Waals surface area contributed by atoms with E-state index < -0.39 is 0 Å². The molecule has 0 unspecified atom stereocenters. The van der Waals surface area contributed by atoms with Crippen LogP contribution in [-0.4, -0.2) is 21.3 Å². The molecule has 2 spiro atoms. The van der Waals surface area contributed by atoms with Crippen molar-refractivity contribution in [2.24, 2.45) is 0 Å². The van der Waals surface area contributed by atoms with Crippen LogP contribution < -0.4 is 0 Å². The van der Waals surface area contributed by atoms with Gasteiger partial charge in [0.05, 0.1) is 0 Å². The molecule has 0 aromatic heterocycles. The van der Waals surface area contributed by atoms with E-state index in [9.17, 15) is 0 Å². The Morgan fingerprint density at radius 3 is 1.60 bits per heavy atom. The van der Waals surface area contributed by atoms with Gasteiger partial charge in [0, 0.05) is 6.42 Å². The molecule has 5 fully saturated rings. The largest absolute Gasteiger partial charge is 0.188 e. The van der Waals surface area contributed by atoms with Crippen LogP contribution in [0.3, 0.4) is 0 Å². The van der Waals surface area contributed by atoms with Gasteiger partial charge in [-0.1, -0.05) is 0 Å². The lowest BCUT2D eigenvalue weighted by molar-refractivity contribution is 0.721. The second-order valence-electron chi connectivity index (χ2n) is 2.43. The van der Waals surface area contributed by atoms with Crippen molar-refractivity contribution < 1.29 is 0 Å². The fourth-order valence-corrected chi connectivity index (χ4v) is 1.62. The molecule has 1 saturated carbocycles. The zero-order chi connectivity index (χ0) is 2.86. The summed E-state index contributed by atoms with van der Waals surface area (Å²) in [6.07, 6.45) is 1.51. The highest BCUT2D eigenvalue weighted by atomic mass is 16.4. The molecule has 2 nitrogen and oxygen atoms in total. The highest BCUT2D eigenvalue weighted by molar-refractivity contribution is 5.73. The number of nitrogens with zero attached hydrogens (tertiary/aromatic N) is 2. The third kappa shape index (κ3) is 0.0133. The quantitative estimate of drug-likeness (QED) is 0.346. The Morgan fingerprint density at radius 1 is 1.20 bits per heavy atom. The van der Waals surface area contributed by atoms with Gasteiger partial charge in [0.2, 0.25) is 0 Å². The van der Waals surface area contributed by atoms with Gasteiger partial charge < -0.3 is 0 Å². The van der Waals surface area contributed by atoms with Gasteiger partial charge in [0.1, 0.15) is 11.3 Å². The monoisotopic (exact) mass is 66.0 g/mol. The van der Waals surface area contributed by atoms with Gasteiger partial charge in [-0.05, 0) is 0 Å². The number of hydrazine groups is 1. The second kappa shape index (κ2) is 0.0934. The van der Waals surface area contributed by atoms with Crippen molar-refractivity contribution in [1.82, 2.24) is 10.0 Å². The molecule has 5 heavy (non-hydrogen) atoms. The van der Waals surface area contributed by atoms with Crippen molar-refractivity contribution in [3.63, 3.8) is 0 Å². The fraction of sp³-hybridized carbons (Fsp3) is 1.00. The Bertz CT molecular complexity index is 136. The van der Waals surface area contributed by atoms with Gasteiger partial charge in [-0.2, -0.15) is 10.0 Å². The lowest BCUT2D eigenvalue weighted by atomic mass is 10.6. The predicted octanol–water partition coefficient (Wildman–Crippen LogP) is -0.657. The molecule has 5 rings (SSSR count). The van der Waals surface area contributed by atoms with E-state index in [2.05, 4.69) is 10.0 Å². The molecule has 0 N–H and O–H groups in total. The number of hydrogen-bond acceptors (Lipinski definition) is 2. The number of rotatable bonds is 0. The van der Waals surface area contributed by atoms with E-state index in [4.69, 9.17) is 0 Å². The predicted molar refractivity (Wildman–Crippen MR) is 13.8 cm³/mol. The molecule has 0 amide bonds. The maximum absolute atomic E-state index is 2.43. The summed E-state index contributed by atoms with van der Waals surface area (Å²) in [6, 6.07) is 0. The minimum absolute atomic E-state index is 0.812. The molecule has 2 heteroatoms. The van der Waals surface area contributed by atoms with Crippen molar-refractivity contribution in [3.8, 4) is 0 Å². The van der Waals surface area contributed by atoms with E-state index in [1.807, 2.05) is 0 Å². The van der Waals surface area contributed by atoms with Gasteiger partial charge in [-0.3, -0.25) is 0 Å². The van der Waals surface area contributed by atoms with Crippen LogP contribution in [0.25, 0.3) is 0 Å². The highest BCUT2D eigenvalue weighted by Gasteiger charge is 3.33.